The zero-order valence-electron chi connectivity index (χ0n) is 18.9. The number of nitrogens with two attached hydrogens (primary N) is 1. The number of benzene rings is 2. The molecule has 170 valence electrons. The van der Waals surface area contributed by atoms with Crippen LogP contribution in [-0.4, -0.2) is 28.1 Å². The third-order valence-corrected chi connectivity index (χ3v) is 6.16. The fourth-order valence-electron chi connectivity index (χ4n) is 4.59. The molecule has 33 heavy (non-hydrogen) atoms. The molecule has 5 N–H and O–H groups in total. The minimum absolute atomic E-state index is 0.152. The van der Waals surface area contributed by atoms with Crippen LogP contribution in [-0.2, 0) is 5.41 Å². The van der Waals surface area contributed by atoms with Gasteiger partial charge in [-0.05, 0) is 41.5 Å². The molecule has 2 atom stereocenters. The van der Waals surface area contributed by atoms with Gasteiger partial charge in [-0.25, -0.2) is 9.78 Å². The molecule has 1 aliphatic rings. The number of amides is 3. The molecule has 0 aliphatic heterocycles. The number of nitrogens with one attached hydrogen (secondary N) is 2. The molecule has 0 spiro atoms. The summed E-state index contributed by atoms with van der Waals surface area (Å²) in [5.41, 5.74) is 9.63. The van der Waals surface area contributed by atoms with E-state index >= 15 is 0 Å². The smallest absolute Gasteiger partial charge is 0.319 e. The number of primary amides is 1. The number of anilines is 1. The molecule has 2 aromatic carbocycles. The predicted molar refractivity (Wildman–Crippen MR) is 128 cm³/mol. The van der Waals surface area contributed by atoms with Gasteiger partial charge < -0.3 is 21.5 Å². The average Bonchev–Trinajstić information content (AvgIpc) is 2.77. The highest BCUT2D eigenvalue weighted by Gasteiger charge is 2.39. The zero-order valence-corrected chi connectivity index (χ0v) is 18.9. The van der Waals surface area contributed by atoms with E-state index in [2.05, 4.69) is 29.5 Å². The zero-order chi connectivity index (χ0) is 23.8. The Morgan fingerprint density at radius 1 is 1.09 bits per heavy atom. The van der Waals surface area contributed by atoms with Crippen LogP contribution in [0.15, 0.2) is 60.7 Å². The summed E-state index contributed by atoms with van der Waals surface area (Å²) in [6.07, 6.45) is -0.204. The Balaban J connectivity index is 1.65. The first kappa shape index (κ1) is 22.5. The number of aromatic nitrogens is 1. The summed E-state index contributed by atoms with van der Waals surface area (Å²) >= 11 is 0. The second-order valence-corrected chi connectivity index (χ2v) is 9.10. The monoisotopic (exact) mass is 444 g/mol. The van der Waals surface area contributed by atoms with Crippen LogP contribution in [0.4, 0.5) is 10.5 Å². The molecule has 0 bridgehead atoms. The van der Waals surface area contributed by atoms with E-state index < -0.39 is 24.1 Å². The SMILES string of the molecule is Cc1cc(NC(=O)NC2c3ccccc3C(C)(C)C[C@H]2O)c(-c2ccccc2)nc1C(N)=O. The maximum Gasteiger partial charge on any atom is 0.319 e. The summed E-state index contributed by atoms with van der Waals surface area (Å²) in [5, 5.41) is 16.6. The molecular weight excluding hydrogens is 416 g/mol. The van der Waals surface area contributed by atoms with Crippen LogP contribution in [0, 0.1) is 6.92 Å². The van der Waals surface area contributed by atoms with Gasteiger partial charge in [0.25, 0.3) is 5.91 Å². The number of aliphatic hydroxyl groups excluding tert-OH is 1. The highest BCUT2D eigenvalue weighted by atomic mass is 16.3. The fourth-order valence-corrected chi connectivity index (χ4v) is 4.59. The van der Waals surface area contributed by atoms with Crippen molar-refractivity contribution in [1.82, 2.24) is 10.3 Å². The molecule has 0 fully saturated rings. The van der Waals surface area contributed by atoms with Crippen molar-refractivity contribution in [1.29, 1.82) is 0 Å². The van der Waals surface area contributed by atoms with Crippen molar-refractivity contribution in [3.8, 4) is 11.3 Å². The summed E-state index contributed by atoms with van der Waals surface area (Å²) in [4.78, 5) is 29.3. The molecule has 0 saturated carbocycles. The van der Waals surface area contributed by atoms with E-state index in [0.29, 0.717) is 23.4 Å². The molecule has 0 saturated heterocycles. The van der Waals surface area contributed by atoms with Gasteiger partial charge in [0.05, 0.1) is 23.5 Å². The molecule has 1 unspecified atom stereocenters. The number of fused-ring (bicyclic) bond motifs is 1. The molecule has 7 heteroatoms. The van der Waals surface area contributed by atoms with Crippen molar-refractivity contribution in [3.63, 3.8) is 0 Å². The second-order valence-electron chi connectivity index (χ2n) is 9.10. The number of aliphatic hydroxyl groups is 1. The van der Waals surface area contributed by atoms with E-state index in [4.69, 9.17) is 5.73 Å². The fraction of sp³-hybridized carbons (Fsp3) is 0.269. The summed E-state index contributed by atoms with van der Waals surface area (Å²) in [7, 11) is 0. The molecule has 1 aliphatic carbocycles. The molecule has 7 nitrogen and oxygen atoms in total. The topological polar surface area (TPSA) is 117 Å². The van der Waals surface area contributed by atoms with E-state index in [0.717, 1.165) is 16.7 Å². The molecule has 4 rings (SSSR count). The lowest BCUT2D eigenvalue weighted by molar-refractivity contribution is 0.0883. The van der Waals surface area contributed by atoms with Crippen molar-refractivity contribution < 1.29 is 14.7 Å². The average molecular weight is 445 g/mol. The lowest BCUT2D eigenvalue weighted by atomic mass is 9.70. The van der Waals surface area contributed by atoms with Gasteiger partial charge in [-0.15, -0.1) is 0 Å². The van der Waals surface area contributed by atoms with E-state index in [1.807, 2.05) is 54.6 Å². The Bertz CT molecular complexity index is 1210. The summed E-state index contributed by atoms with van der Waals surface area (Å²) in [5.74, 6) is -0.634. The lowest BCUT2D eigenvalue weighted by Gasteiger charge is -2.40. The predicted octanol–water partition coefficient (Wildman–Crippen LogP) is 4.06. The Morgan fingerprint density at radius 3 is 2.45 bits per heavy atom. The van der Waals surface area contributed by atoms with E-state index in [1.54, 1.807) is 13.0 Å². The van der Waals surface area contributed by atoms with Crippen LogP contribution < -0.4 is 16.4 Å². The third kappa shape index (κ3) is 4.45. The summed E-state index contributed by atoms with van der Waals surface area (Å²) in [6.45, 7) is 5.90. The minimum Gasteiger partial charge on any atom is -0.391 e. The van der Waals surface area contributed by atoms with Crippen LogP contribution in [0.1, 0.15) is 53.5 Å². The summed E-state index contributed by atoms with van der Waals surface area (Å²) in [6, 6.07) is 17.8. The van der Waals surface area contributed by atoms with E-state index in [9.17, 15) is 14.7 Å². The number of pyridine rings is 1. The first-order chi connectivity index (χ1) is 15.7. The van der Waals surface area contributed by atoms with Gasteiger partial charge in [0.15, 0.2) is 0 Å². The Morgan fingerprint density at radius 2 is 1.76 bits per heavy atom. The van der Waals surface area contributed by atoms with Crippen LogP contribution in [0.2, 0.25) is 0 Å². The first-order valence-corrected chi connectivity index (χ1v) is 10.9. The van der Waals surface area contributed by atoms with E-state index in [1.165, 1.54) is 0 Å². The third-order valence-electron chi connectivity index (χ3n) is 6.16. The van der Waals surface area contributed by atoms with Crippen LogP contribution in [0.25, 0.3) is 11.3 Å². The minimum atomic E-state index is -0.730. The molecule has 0 radical (unpaired) electrons. The number of carbonyl (C=O) groups is 2. The van der Waals surface area contributed by atoms with Crippen LogP contribution >= 0.6 is 0 Å². The Labute approximate surface area is 193 Å². The van der Waals surface area contributed by atoms with Gasteiger partial charge in [0.2, 0.25) is 0 Å². The van der Waals surface area contributed by atoms with Gasteiger partial charge in [-0.3, -0.25) is 4.79 Å². The van der Waals surface area contributed by atoms with Gasteiger partial charge in [0, 0.05) is 5.56 Å². The van der Waals surface area contributed by atoms with Gasteiger partial charge in [-0.2, -0.15) is 0 Å². The number of hydrogen-bond donors (Lipinski definition) is 4. The van der Waals surface area contributed by atoms with Gasteiger partial charge in [0.1, 0.15) is 5.69 Å². The number of aryl methyl sites for hydroxylation is 1. The molecule has 1 heterocycles. The lowest BCUT2D eigenvalue weighted by Crippen LogP contribution is -2.45. The second kappa shape index (κ2) is 8.67. The van der Waals surface area contributed by atoms with Crippen molar-refractivity contribution >= 4 is 17.6 Å². The molecular formula is C26H28N4O3. The van der Waals surface area contributed by atoms with Crippen LogP contribution in [0.5, 0.6) is 0 Å². The molecule has 3 aromatic rings. The van der Waals surface area contributed by atoms with Crippen LogP contribution in [0.3, 0.4) is 0 Å². The van der Waals surface area contributed by atoms with Gasteiger partial charge in [-0.1, -0.05) is 68.4 Å². The highest BCUT2D eigenvalue weighted by molar-refractivity contribution is 5.97. The van der Waals surface area contributed by atoms with Crippen molar-refractivity contribution in [2.75, 3.05) is 5.32 Å². The number of nitrogens with zero attached hydrogens (tertiary/aromatic N) is 1. The highest BCUT2D eigenvalue weighted by Crippen LogP contribution is 2.41. The quantitative estimate of drug-likeness (QED) is 0.485. The maximum atomic E-state index is 13.1. The van der Waals surface area contributed by atoms with Crippen molar-refractivity contribution in [2.45, 2.75) is 44.8 Å². The number of urea groups is 1. The Kier molecular flexibility index (Phi) is 5.91. The largest absolute Gasteiger partial charge is 0.391 e. The number of hydrogen-bond acceptors (Lipinski definition) is 4. The number of rotatable bonds is 4. The number of carbonyl (C=O) groups excluding carboxylic acids is 2. The maximum absolute atomic E-state index is 13.1. The first-order valence-electron chi connectivity index (χ1n) is 10.9. The summed E-state index contributed by atoms with van der Waals surface area (Å²) < 4.78 is 0. The van der Waals surface area contributed by atoms with Crippen molar-refractivity contribution in [2.24, 2.45) is 5.73 Å². The standard InChI is InChI=1S/C26H28N4O3/c1-15-13-19(22(29-21(15)24(27)32)16-9-5-4-6-10-16)28-25(33)30-23-17-11-7-8-12-18(17)26(2,3)14-20(23)31/h4-13,20,23,31H,14H2,1-3H3,(H2,27,32)(H2,28,30,33)/t20-,23?/m1/s1. The molecule has 1 aromatic heterocycles. The van der Waals surface area contributed by atoms with E-state index in [-0.39, 0.29) is 11.1 Å². The van der Waals surface area contributed by atoms with Gasteiger partial charge >= 0.3 is 6.03 Å². The Hall–Kier alpha value is -3.71. The molecule has 3 amide bonds. The van der Waals surface area contributed by atoms with Crippen molar-refractivity contribution in [3.05, 3.63) is 83.0 Å². The normalized spacial score (nSPS) is 18.8.